The van der Waals surface area contributed by atoms with E-state index in [4.69, 9.17) is 9.47 Å². The molecule has 1 amide bonds. The number of carbonyl (C=O) groups excluding carboxylic acids is 1. The first-order valence-electron chi connectivity index (χ1n) is 7.43. The highest BCUT2D eigenvalue weighted by atomic mass is 16.5. The number of benzene rings is 1. The third-order valence-corrected chi connectivity index (χ3v) is 3.78. The number of rotatable bonds is 6. The number of amides is 1. The van der Waals surface area contributed by atoms with Crippen molar-refractivity contribution in [1.82, 2.24) is 10.2 Å². The number of ether oxygens (including phenoxy) is 2. The van der Waals surface area contributed by atoms with Crippen LogP contribution in [-0.2, 0) is 4.74 Å². The number of nitrogens with zero attached hydrogens (tertiary/aromatic N) is 1. The Bertz CT molecular complexity index is 465. The van der Waals surface area contributed by atoms with Crippen molar-refractivity contribution < 1.29 is 14.3 Å². The second-order valence-corrected chi connectivity index (χ2v) is 5.22. The van der Waals surface area contributed by atoms with E-state index in [1.54, 1.807) is 7.11 Å². The number of carbonyl (C=O) groups is 1. The Morgan fingerprint density at radius 2 is 2.19 bits per heavy atom. The Kier molecular flexibility index (Phi) is 6.02. The maximum Gasteiger partial charge on any atom is 0.257 e. The monoisotopic (exact) mass is 292 g/mol. The highest BCUT2D eigenvalue weighted by Crippen LogP contribution is 2.22. The molecule has 0 aromatic heterocycles. The maximum absolute atomic E-state index is 12.7. The Morgan fingerprint density at radius 1 is 1.38 bits per heavy atom. The zero-order chi connectivity index (χ0) is 15.1. The first-order chi connectivity index (χ1) is 10.3. The van der Waals surface area contributed by atoms with Crippen molar-refractivity contribution in [3.63, 3.8) is 0 Å². The molecule has 1 heterocycles. The number of hydrogen-bond donors (Lipinski definition) is 1. The van der Waals surface area contributed by atoms with Crippen LogP contribution in [-0.4, -0.2) is 57.3 Å². The van der Waals surface area contributed by atoms with E-state index >= 15 is 0 Å². The number of piperidine rings is 1. The summed E-state index contributed by atoms with van der Waals surface area (Å²) in [6.45, 7) is 2.51. The predicted octanol–water partition coefficient (Wildman–Crippen LogP) is 1.54. The van der Waals surface area contributed by atoms with Crippen LogP contribution in [0, 0.1) is 0 Å². The minimum Gasteiger partial charge on any atom is -0.490 e. The second kappa shape index (κ2) is 8.00. The van der Waals surface area contributed by atoms with Crippen molar-refractivity contribution in [2.24, 2.45) is 0 Å². The summed E-state index contributed by atoms with van der Waals surface area (Å²) in [6.07, 6.45) is 2.15. The zero-order valence-corrected chi connectivity index (χ0v) is 12.8. The molecule has 0 aliphatic carbocycles. The first-order valence-corrected chi connectivity index (χ1v) is 7.43. The van der Waals surface area contributed by atoms with Gasteiger partial charge in [-0.25, -0.2) is 0 Å². The van der Waals surface area contributed by atoms with E-state index in [1.165, 1.54) is 0 Å². The van der Waals surface area contributed by atoms with Crippen LogP contribution >= 0.6 is 0 Å². The number of hydrogen-bond acceptors (Lipinski definition) is 4. The molecule has 1 aromatic carbocycles. The number of nitrogens with one attached hydrogen (secondary N) is 1. The molecule has 1 aromatic rings. The Hall–Kier alpha value is -1.59. The van der Waals surface area contributed by atoms with E-state index in [0.29, 0.717) is 30.6 Å². The summed E-state index contributed by atoms with van der Waals surface area (Å²) >= 11 is 0. The fourth-order valence-corrected chi connectivity index (χ4v) is 2.57. The van der Waals surface area contributed by atoms with E-state index in [1.807, 2.05) is 36.2 Å². The van der Waals surface area contributed by atoms with E-state index in [-0.39, 0.29) is 5.91 Å². The summed E-state index contributed by atoms with van der Waals surface area (Å²) in [7, 11) is 3.58. The van der Waals surface area contributed by atoms with Crippen LogP contribution < -0.4 is 10.1 Å². The van der Waals surface area contributed by atoms with Gasteiger partial charge in [-0.2, -0.15) is 0 Å². The fraction of sp³-hybridized carbons (Fsp3) is 0.562. The predicted molar refractivity (Wildman–Crippen MR) is 81.8 cm³/mol. The lowest BCUT2D eigenvalue weighted by molar-refractivity contribution is 0.0691. The molecule has 0 bridgehead atoms. The molecule has 5 nitrogen and oxygen atoms in total. The molecule has 1 aliphatic rings. The Balaban J connectivity index is 2.07. The van der Waals surface area contributed by atoms with Gasteiger partial charge in [-0.1, -0.05) is 12.1 Å². The van der Waals surface area contributed by atoms with Crippen LogP contribution in [0.2, 0.25) is 0 Å². The van der Waals surface area contributed by atoms with Gasteiger partial charge in [0, 0.05) is 26.2 Å². The number of likely N-dealkylation sites (N-methyl/N-ethyl adjacent to an activating group) is 1. The summed E-state index contributed by atoms with van der Waals surface area (Å²) < 4.78 is 10.6. The van der Waals surface area contributed by atoms with Crippen LogP contribution in [0.3, 0.4) is 0 Å². The molecule has 1 saturated heterocycles. The topological polar surface area (TPSA) is 50.8 Å². The normalized spacial score (nSPS) is 18.6. The lowest BCUT2D eigenvalue weighted by Gasteiger charge is -2.33. The minimum atomic E-state index is 0.0444. The highest BCUT2D eigenvalue weighted by molar-refractivity contribution is 5.97. The summed E-state index contributed by atoms with van der Waals surface area (Å²) in [4.78, 5) is 14.6. The standard InChI is InChI=1S/C16H24N2O3/c1-17-13-6-5-9-18(12-13)16(19)14-7-3-4-8-15(14)21-11-10-20-2/h3-4,7-8,13,17H,5-6,9-12H2,1-2H3/t13-/m0/s1. The van der Waals surface area contributed by atoms with E-state index in [2.05, 4.69) is 5.32 Å². The highest BCUT2D eigenvalue weighted by Gasteiger charge is 2.25. The molecule has 0 spiro atoms. The summed E-state index contributed by atoms with van der Waals surface area (Å²) in [6, 6.07) is 7.79. The number of likely N-dealkylation sites (tertiary alicyclic amines) is 1. The quantitative estimate of drug-likeness (QED) is 0.808. The van der Waals surface area contributed by atoms with Gasteiger partial charge in [-0.15, -0.1) is 0 Å². The number of methoxy groups -OCH3 is 1. The van der Waals surface area contributed by atoms with E-state index < -0.39 is 0 Å². The van der Waals surface area contributed by atoms with Gasteiger partial charge >= 0.3 is 0 Å². The van der Waals surface area contributed by atoms with E-state index in [9.17, 15) is 4.79 Å². The SMILES string of the molecule is CN[C@H]1CCCN(C(=O)c2ccccc2OCCOC)C1. The van der Waals surface area contributed by atoms with Gasteiger partial charge in [-0.3, -0.25) is 4.79 Å². The molecule has 116 valence electrons. The third kappa shape index (κ3) is 4.19. The molecular formula is C16H24N2O3. The molecule has 1 atom stereocenters. The average molecular weight is 292 g/mol. The van der Waals surface area contributed by atoms with Gasteiger partial charge in [0.25, 0.3) is 5.91 Å². The molecule has 1 aliphatic heterocycles. The van der Waals surface area contributed by atoms with Crippen molar-refractivity contribution in [3.8, 4) is 5.75 Å². The smallest absolute Gasteiger partial charge is 0.257 e. The lowest BCUT2D eigenvalue weighted by atomic mass is 10.0. The molecule has 0 saturated carbocycles. The zero-order valence-electron chi connectivity index (χ0n) is 12.8. The third-order valence-electron chi connectivity index (χ3n) is 3.78. The van der Waals surface area contributed by atoms with Crippen molar-refractivity contribution in [3.05, 3.63) is 29.8 Å². The van der Waals surface area contributed by atoms with Crippen molar-refractivity contribution in [1.29, 1.82) is 0 Å². The molecule has 1 fully saturated rings. The fourth-order valence-electron chi connectivity index (χ4n) is 2.57. The van der Waals surface area contributed by atoms with Crippen LogP contribution in [0.25, 0.3) is 0 Å². The summed E-state index contributed by atoms with van der Waals surface area (Å²) in [5.41, 5.74) is 0.630. The Morgan fingerprint density at radius 3 is 2.95 bits per heavy atom. The van der Waals surface area contributed by atoms with Gasteiger partial charge in [-0.05, 0) is 32.0 Å². The van der Waals surface area contributed by atoms with Crippen LogP contribution in [0.15, 0.2) is 24.3 Å². The maximum atomic E-state index is 12.7. The average Bonchev–Trinajstić information content (AvgIpc) is 2.55. The molecule has 21 heavy (non-hydrogen) atoms. The van der Waals surface area contributed by atoms with Crippen molar-refractivity contribution in [2.45, 2.75) is 18.9 Å². The number of para-hydroxylation sites is 1. The summed E-state index contributed by atoms with van der Waals surface area (Å²) in [5, 5.41) is 3.26. The van der Waals surface area contributed by atoms with Crippen LogP contribution in [0.4, 0.5) is 0 Å². The minimum absolute atomic E-state index is 0.0444. The first kappa shape index (κ1) is 15.8. The van der Waals surface area contributed by atoms with Gasteiger partial charge in [0.15, 0.2) is 0 Å². The molecule has 2 rings (SSSR count). The molecule has 1 N–H and O–H groups in total. The van der Waals surface area contributed by atoms with E-state index in [0.717, 1.165) is 25.9 Å². The summed E-state index contributed by atoms with van der Waals surface area (Å²) in [5.74, 6) is 0.675. The van der Waals surface area contributed by atoms with Gasteiger partial charge < -0.3 is 19.7 Å². The molecule has 5 heteroatoms. The molecule has 0 radical (unpaired) electrons. The van der Waals surface area contributed by atoms with Gasteiger partial charge in [0.2, 0.25) is 0 Å². The van der Waals surface area contributed by atoms with Crippen molar-refractivity contribution in [2.75, 3.05) is 40.5 Å². The Labute approximate surface area is 126 Å². The van der Waals surface area contributed by atoms with Crippen LogP contribution in [0.5, 0.6) is 5.75 Å². The van der Waals surface area contributed by atoms with Gasteiger partial charge in [0.1, 0.15) is 12.4 Å². The molecular weight excluding hydrogens is 268 g/mol. The molecule has 0 unspecified atom stereocenters. The van der Waals surface area contributed by atoms with Crippen molar-refractivity contribution >= 4 is 5.91 Å². The lowest BCUT2D eigenvalue weighted by Crippen LogP contribution is -2.47. The van der Waals surface area contributed by atoms with Gasteiger partial charge in [0.05, 0.1) is 12.2 Å². The second-order valence-electron chi connectivity index (χ2n) is 5.22. The van der Waals surface area contributed by atoms with Crippen LogP contribution in [0.1, 0.15) is 23.2 Å². The largest absolute Gasteiger partial charge is 0.490 e.